The molecular weight excluding hydrogens is 336 g/mol. The summed E-state index contributed by atoms with van der Waals surface area (Å²) in [5, 5.41) is 0.490. The molecule has 0 radical (unpaired) electrons. The van der Waals surface area contributed by atoms with Crippen LogP contribution in [0.3, 0.4) is 0 Å². The maximum Gasteiger partial charge on any atom is 0.367 e. The lowest BCUT2D eigenvalue weighted by atomic mass is 10.1. The fourth-order valence-electron chi connectivity index (χ4n) is 2.48. The average Bonchev–Trinajstić information content (AvgIpc) is 2.87. The van der Waals surface area contributed by atoms with Crippen molar-refractivity contribution in [1.82, 2.24) is 9.96 Å². The topological polar surface area (TPSA) is 76.2 Å². The molecule has 3 rings (SSSR count). The fraction of sp³-hybridized carbons (Fsp3) is 0.211. The van der Waals surface area contributed by atoms with Crippen molar-refractivity contribution < 1.29 is 24.0 Å². The number of hydrogen-bond donors (Lipinski definition) is 0. The molecule has 0 spiro atoms. The van der Waals surface area contributed by atoms with Crippen molar-refractivity contribution in [3.05, 3.63) is 65.2 Å². The molecule has 0 saturated carbocycles. The highest BCUT2D eigenvalue weighted by Crippen LogP contribution is 2.25. The number of nitrogens with zero attached hydrogens (tertiary/aromatic N) is 2. The summed E-state index contributed by atoms with van der Waals surface area (Å²) in [6.07, 6.45) is 0. The molecule has 0 N–H and O–H groups in total. The first kappa shape index (κ1) is 17.6. The molecule has 1 heterocycles. The Labute approximate surface area is 150 Å². The Balaban J connectivity index is 1.75. The smallest absolute Gasteiger partial charge is 0.367 e. The summed E-state index contributed by atoms with van der Waals surface area (Å²) in [6, 6.07) is 12.8. The molecule has 7 nitrogen and oxygen atoms in total. The number of carbonyl (C=O) groups is 3. The van der Waals surface area contributed by atoms with E-state index in [-0.39, 0.29) is 16.7 Å². The molecule has 0 fully saturated rings. The summed E-state index contributed by atoms with van der Waals surface area (Å²) in [7, 11) is 3.82. The fourth-order valence-corrected chi connectivity index (χ4v) is 2.48. The van der Waals surface area contributed by atoms with Crippen molar-refractivity contribution in [2.75, 3.05) is 27.2 Å². The van der Waals surface area contributed by atoms with E-state index in [0.29, 0.717) is 24.0 Å². The Morgan fingerprint density at radius 1 is 0.962 bits per heavy atom. The molecule has 0 saturated heterocycles. The first-order chi connectivity index (χ1) is 12.5. The molecule has 0 unspecified atom stereocenters. The standard InChI is InChI=1S/C19H18N2O5/c1-20(2)11-12-25-16-10-6-5-9-15(16)19(24)26-21-17(22)13-7-3-4-8-14(13)18(21)23/h3-10H,11-12H2,1-2H3. The number of para-hydroxylation sites is 1. The second-order valence-electron chi connectivity index (χ2n) is 5.98. The molecule has 1 aliphatic heterocycles. The summed E-state index contributed by atoms with van der Waals surface area (Å²) in [4.78, 5) is 44.1. The van der Waals surface area contributed by atoms with Crippen LogP contribution in [0.25, 0.3) is 0 Å². The number of amides is 2. The van der Waals surface area contributed by atoms with Crippen LogP contribution in [0.1, 0.15) is 31.1 Å². The number of hydroxylamine groups is 2. The van der Waals surface area contributed by atoms with Gasteiger partial charge in [0.05, 0.1) is 11.1 Å². The van der Waals surface area contributed by atoms with Gasteiger partial charge in [-0.05, 0) is 38.4 Å². The van der Waals surface area contributed by atoms with Crippen molar-refractivity contribution in [3.8, 4) is 5.75 Å². The molecule has 0 aromatic heterocycles. The lowest BCUT2D eigenvalue weighted by molar-refractivity contribution is -0.0586. The Morgan fingerprint density at radius 3 is 2.15 bits per heavy atom. The zero-order valence-electron chi connectivity index (χ0n) is 14.5. The van der Waals surface area contributed by atoms with Gasteiger partial charge in [0.15, 0.2) is 0 Å². The first-order valence-corrected chi connectivity index (χ1v) is 8.05. The maximum atomic E-state index is 12.5. The highest BCUT2D eigenvalue weighted by molar-refractivity contribution is 6.21. The maximum absolute atomic E-state index is 12.5. The van der Waals surface area contributed by atoms with E-state index in [2.05, 4.69) is 0 Å². The number of fused-ring (bicyclic) bond motifs is 1. The minimum atomic E-state index is -0.833. The number of rotatable bonds is 6. The van der Waals surface area contributed by atoms with Crippen LogP contribution in [0.15, 0.2) is 48.5 Å². The lowest BCUT2D eigenvalue weighted by Gasteiger charge is -2.16. The predicted molar refractivity (Wildman–Crippen MR) is 92.8 cm³/mol. The Kier molecular flexibility index (Phi) is 4.99. The average molecular weight is 354 g/mol. The van der Waals surface area contributed by atoms with Gasteiger partial charge < -0.3 is 14.5 Å². The van der Waals surface area contributed by atoms with Crippen LogP contribution in [-0.2, 0) is 4.84 Å². The Morgan fingerprint density at radius 2 is 1.54 bits per heavy atom. The van der Waals surface area contributed by atoms with Gasteiger partial charge in [0, 0.05) is 6.54 Å². The van der Waals surface area contributed by atoms with Crippen LogP contribution in [0.2, 0.25) is 0 Å². The summed E-state index contributed by atoms with van der Waals surface area (Å²) >= 11 is 0. The number of carbonyl (C=O) groups excluding carboxylic acids is 3. The number of likely N-dealkylation sites (N-methyl/N-ethyl adjacent to an activating group) is 1. The van der Waals surface area contributed by atoms with Gasteiger partial charge in [0.1, 0.15) is 17.9 Å². The Hall–Kier alpha value is -3.19. The van der Waals surface area contributed by atoms with Crippen molar-refractivity contribution in [2.24, 2.45) is 0 Å². The highest BCUT2D eigenvalue weighted by Gasteiger charge is 2.39. The first-order valence-electron chi connectivity index (χ1n) is 8.05. The van der Waals surface area contributed by atoms with Gasteiger partial charge in [-0.15, -0.1) is 0 Å². The van der Waals surface area contributed by atoms with Crippen molar-refractivity contribution >= 4 is 17.8 Å². The number of imide groups is 1. The van der Waals surface area contributed by atoms with Crippen LogP contribution in [0, 0.1) is 0 Å². The van der Waals surface area contributed by atoms with Crippen LogP contribution in [0.5, 0.6) is 5.75 Å². The van der Waals surface area contributed by atoms with Gasteiger partial charge in [-0.1, -0.05) is 29.3 Å². The summed E-state index contributed by atoms with van der Waals surface area (Å²) in [5.41, 5.74) is 0.560. The third-order valence-corrected chi connectivity index (χ3v) is 3.83. The molecule has 7 heteroatoms. The summed E-state index contributed by atoms with van der Waals surface area (Å²) in [5.74, 6) is -1.83. The van der Waals surface area contributed by atoms with E-state index in [4.69, 9.17) is 9.57 Å². The SMILES string of the molecule is CN(C)CCOc1ccccc1C(=O)ON1C(=O)c2ccccc2C1=O. The third-order valence-electron chi connectivity index (χ3n) is 3.83. The van der Waals surface area contributed by atoms with E-state index >= 15 is 0 Å². The van der Waals surface area contributed by atoms with Crippen molar-refractivity contribution in [2.45, 2.75) is 0 Å². The normalized spacial score (nSPS) is 13.1. The molecular formula is C19H18N2O5. The van der Waals surface area contributed by atoms with E-state index in [1.54, 1.807) is 30.3 Å². The van der Waals surface area contributed by atoms with Gasteiger partial charge in [-0.3, -0.25) is 9.59 Å². The number of benzene rings is 2. The van der Waals surface area contributed by atoms with Crippen molar-refractivity contribution in [3.63, 3.8) is 0 Å². The zero-order valence-corrected chi connectivity index (χ0v) is 14.5. The monoisotopic (exact) mass is 354 g/mol. The predicted octanol–water partition coefficient (Wildman–Crippen LogP) is 2.00. The molecule has 2 amide bonds. The van der Waals surface area contributed by atoms with Gasteiger partial charge >= 0.3 is 5.97 Å². The largest absolute Gasteiger partial charge is 0.491 e. The van der Waals surface area contributed by atoms with E-state index in [1.165, 1.54) is 18.2 Å². The minimum absolute atomic E-state index is 0.141. The second kappa shape index (κ2) is 7.37. The van der Waals surface area contributed by atoms with Gasteiger partial charge in [-0.25, -0.2) is 4.79 Å². The molecule has 0 aliphatic carbocycles. The summed E-state index contributed by atoms with van der Waals surface area (Å²) < 4.78 is 5.62. The van der Waals surface area contributed by atoms with Gasteiger partial charge in [0.2, 0.25) is 0 Å². The molecule has 134 valence electrons. The number of ether oxygens (including phenoxy) is 1. The van der Waals surface area contributed by atoms with E-state index in [1.807, 2.05) is 19.0 Å². The second-order valence-corrected chi connectivity index (χ2v) is 5.98. The molecule has 0 atom stereocenters. The molecule has 2 aromatic carbocycles. The molecule has 0 bridgehead atoms. The van der Waals surface area contributed by atoms with E-state index in [9.17, 15) is 14.4 Å². The molecule has 26 heavy (non-hydrogen) atoms. The quantitative estimate of drug-likeness (QED) is 0.739. The van der Waals surface area contributed by atoms with Crippen LogP contribution in [-0.4, -0.2) is 55.0 Å². The number of hydrogen-bond acceptors (Lipinski definition) is 6. The summed E-state index contributed by atoms with van der Waals surface area (Å²) in [6.45, 7) is 1.05. The van der Waals surface area contributed by atoms with Crippen molar-refractivity contribution in [1.29, 1.82) is 0 Å². The van der Waals surface area contributed by atoms with Crippen LogP contribution < -0.4 is 4.74 Å². The van der Waals surface area contributed by atoms with Crippen LogP contribution in [0.4, 0.5) is 0 Å². The lowest BCUT2D eigenvalue weighted by Crippen LogP contribution is -2.32. The third kappa shape index (κ3) is 3.43. The van der Waals surface area contributed by atoms with E-state index in [0.717, 1.165) is 0 Å². The van der Waals surface area contributed by atoms with Gasteiger partial charge in [-0.2, -0.15) is 0 Å². The van der Waals surface area contributed by atoms with Crippen LogP contribution >= 0.6 is 0 Å². The van der Waals surface area contributed by atoms with E-state index < -0.39 is 17.8 Å². The molecule has 2 aromatic rings. The Bertz CT molecular complexity index is 828. The van der Waals surface area contributed by atoms with Gasteiger partial charge in [0.25, 0.3) is 11.8 Å². The zero-order chi connectivity index (χ0) is 18.7. The minimum Gasteiger partial charge on any atom is -0.491 e. The molecule has 1 aliphatic rings. The highest BCUT2D eigenvalue weighted by atomic mass is 16.7.